The van der Waals surface area contributed by atoms with Crippen LogP contribution in [0.5, 0.6) is 0 Å². The molecule has 2 unspecified atom stereocenters. The summed E-state index contributed by atoms with van der Waals surface area (Å²) in [6.45, 7) is 6.93. The molecule has 2 atom stereocenters. The Morgan fingerprint density at radius 2 is 1.94 bits per heavy atom. The summed E-state index contributed by atoms with van der Waals surface area (Å²) in [5, 5.41) is 3.43. The minimum Gasteiger partial charge on any atom is -0.322 e. The van der Waals surface area contributed by atoms with E-state index in [1.807, 2.05) is 30.0 Å². The summed E-state index contributed by atoms with van der Waals surface area (Å²) in [7, 11) is 0. The van der Waals surface area contributed by atoms with Gasteiger partial charge in [-0.2, -0.15) is 0 Å². The Morgan fingerprint density at radius 1 is 1.29 bits per heavy atom. The molecule has 0 saturated carbocycles. The van der Waals surface area contributed by atoms with E-state index < -0.39 is 0 Å². The van der Waals surface area contributed by atoms with Crippen LogP contribution in [0.4, 0.5) is 0 Å². The maximum atomic E-state index is 12.2. The molecule has 3 heteroatoms. The Labute approximate surface area is 103 Å². The number of nitrogens with zero attached hydrogens (tertiary/aromatic N) is 1. The van der Waals surface area contributed by atoms with Crippen molar-refractivity contribution in [1.29, 1.82) is 0 Å². The summed E-state index contributed by atoms with van der Waals surface area (Å²) in [6, 6.07) is 10.1. The molecule has 0 spiro atoms. The Balaban J connectivity index is 2.27. The third-order valence-corrected chi connectivity index (χ3v) is 3.32. The summed E-state index contributed by atoms with van der Waals surface area (Å²) < 4.78 is 0. The molecule has 92 valence electrons. The first-order chi connectivity index (χ1) is 8.15. The summed E-state index contributed by atoms with van der Waals surface area (Å²) in [5.74, 6) is 0.543. The number of benzene rings is 1. The largest absolute Gasteiger partial charge is 0.322 e. The lowest BCUT2D eigenvalue weighted by Gasteiger charge is -2.22. The molecule has 0 aromatic heterocycles. The highest BCUT2D eigenvalue weighted by Gasteiger charge is 2.39. The van der Waals surface area contributed by atoms with E-state index in [9.17, 15) is 4.79 Å². The van der Waals surface area contributed by atoms with E-state index in [1.165, 1.54) is 0 Å². The molecule has 1 amide bonds. The van der Waals surface area contributed by atoms with Crippen LogP contribution in [0, 0.1) is 5.92 Å². The molecule has 2 rings (SSSR count). The highest BCUT2D eigenvalue weighted by Crippen LogP contribution is 2.27. The SMILES string of the molecule is CCN1C(=O)C(C(C)C)NC1c1ccccc1. The van der Waals surface area contributed by atoms with Crippen molar-refractivity contribution in [3.63, 3.8) is 0 Å². The van der Waals surface area contributed by atoms with Gasteiger partial charge in [-0.15, -0.1) is 0 Å². The van der Waals surface area contributed by atoms with Crippen LogP contribution in [-0.4, -0.2) is 23.4 Å². The second kappa shape index (κ2) is 4.88. The van der Waals surface area contributed by atoms with Crippen molar-refractivity contribution in [2.75, 3.05) is 6.54 Å². The lowest BCUT2D eigenvalue weighted by Crippen LogP contribution is -2.34. The van der Waals surface area contributed by atoms with Gasteiger partial charge in [0.1, 0.15) is 6.17 Å². The lowest BCUT2D eigenvalue weighted by molar-refractivity contribution is -0.130. The maximum absolute atomic E-state index is 12.2. The zero-order valence-corrected chi connectivity index (χ0v) is 10.7. The topological polar surface area (TPSA) is 32.3 Å². The van der Waals surface area contributed by atoms with E-state index in [1.54, 1.807) is 0 Å². The molecule has 0 radical (unpaired) electrons. The first-order valence-electron chi connectivity index (χ1n) is 6.26. The fourth-order valence-electron chi connectivity index (χ4n) is 2.36. The lowest BCUT2D eigenvalue weighted by atomic mass is 10.1. The number of hydrogen-bond acceptors (Lipinski definition) is 2. The maximum Gasteiger partial charge on any atom is 0.241 e. The highest BCUT2D eigenvalue weighted by molar-refractivity contribution is 5.84. The normalized spacial score (nSPS) is 24.7. The fourth-order valence-corrected chi connectivity index (χ4v) is 2.36. The number of hydrogen-bond donors (Lipinski definition) is 1. The van der Waals surface area contributed by atoms with Crippen LogP contribution in [0.2, 0.25) is 0 Å². The third kappa shape index (κ3) is 2.20. The monoisotopic (exact) mass is 232 g/mol. The second-order valence-corrected chi connectivity index (χ2v) is 4.83. The van der Waals surface area contributed by atoms with E-state index in [0.29, 0.717) is 5.92 Å². The van der Waals surface area contributed by atoms with Crippen molar-refractivity contribution >= 4 is 5.91 Å². The van der Waals surface area contributed by atoms with Gasteiger partial charge in [0.25, 0.3) is 0 Å². The minimum atomic E-state index is -0.0554. The van der Waals surface area contributed by atoms with Gasteiger partial charge in [-0.25, -0.2) is 0 Å². The Bertz CT molecular complexity index is 388. The Morgan fingerprint density at radius 3 is 2.47 bits per heavy atom. The van der Waals surface area contributed by atoms with E-state index in [0.717, 1.165) is 12.1 Å². The molecular formula is C14H20N2O. The van der Waals surface area contributed by atoms with Gasteiger partial charge in [-0.05, 0) is 18.4 Å². The molecule has 1 aliphatic heterocycles. The van der Waals surface area contributed by atoms with Crippen molar-refractivity contribution in [2.45, 2.75) is 33.0 Å². The molecule has 1 aromatic rings. The second-order valence-electron chi connectivity index (χ2n) is 4.83. The number of carbonyl (C=O) groups excluding carboxylic acids is 1. The molecule has 1 saturated heterocycles. The molecule has 1 aliphatic rings. The molecule has 17 heavy (non-hydrogen) atoms. The van der Waals surface area contributed by atoms with Crippen LogP contribution in [0.1, 0.15) is 32.5 Å². The van der Waals surface area contributed by atoms with E-state index in [-0.39, 0.29) is 18.1 Å². The molecule has 1 N–H and O–H groups in total. The van der Waals surface area contributed by atoms with Gasteiger partial charge in [0, 0.05) is 6.54 Å². The molecule has 1 heterocycles. The zero-order chi connectivity index (χ0) is 12.4. The van der Waals surface area contributed by atoms with Gasteiger partial charge in [0.05, 0.1) is 6.04 Å². The molecule has 3 nitrogen and oxygen atoms in total. The average Bonchev–Trinajstić information content (AvgIpc) is 2.67. The van der Waals surface area contributed by atoms with Crippen molar-refractivity contribution in [3.05, 3.63) is 35.9 Å². The predicted octanol–water partition coefficient (Wildman–Crippen LogP) is 2.16. The van der Waals surface area contributed by atoms with E-state index in [4.69, 9.17) is 0 Å². The minimum absolute atomic E-state index is 0.0288. The zero-order valence-electron chi connectivity index (χ0n) is 10.7. The molecule has 0 aliphatic carbocycles. The molecular weight excluding hydrogens is 212 g/mol. The van der Waals surface area contributed by atoms with Gasteiger partial charge in [0.2, 0.25) is 5.91 Å². The van der Waals surface area contributed by atoms with E-state index >= 15 is 0 Å². The van der Waals surface area contributed by atoms with Crippen molar-refractivity contribution in [1.82, 2.24) is 10.2 Å². The van der Waals surface area contributed by atoms with Crippen LogP contribution >= 0.6 is 0 Å². The molecule has 0 bridgehead atoms. The molecule has 1 aromatic carbocycles. The standard InChI is InChI=1S/C14H20N2O/c1-4-16-13(11-8-6-5-7-9-11)15-12(10(2)3)14(16)17/h5-10,12-13,15H,4H2,1-3H3. The number of likely N-dealkylation sites (N-methyl/N-ethyl adjacent to an activating group) is 1. The number of nitrogens with one attached hydrogen (secondary N) is 1. The van der Waals surface area contributed by atoms with Gasteiger partial charge in [-0.1, -0.05) is 44.2 Å². The van der Waals surface area contributed by atoms with Crippen molar-refractivity contribution < 1.29 is 4.79 Å². The van der Waals surface area contributed by atoms with Crippen LogP contribution < -0.4 is 5.32 Å². The van der Waals surface area contributed by atoms with Gasteiger partial charge in [0.15, 0.2) is 0 Å². The summed E-state index contributed by atoms with van der Waals surface area (Å²) in [4.78, 5) is 14.1. The van der Waals surface area contributed by atoms with Crippen LogP contribution in [0.25, 0.3) is 0 Å². The summed E-state index contributed by atoms with van der Waals surface area (Å²) >= 11 is 0. The van der Waals surface area contributed by atoms with Crippen molar-refractivity contribution in [2.24, 2.45) is 5.92 Å². The summed E-state index contributed by atoms with van der Waals surface area (Å²) in [6.07, 6.45) is 0.0288. The van der Waals surface area contributed by atoms with Gasteiger partial charge < -0.3 is 4.90 Å². The highest BCUT2D eigenvalue weighted by atomic mass is 16.2. The Hall–Kier alpha value is -1.35. The van der Waals surface area contributed by atoms with Crippen LogP contribution in [-0.2, 0) is 4.79 Å². The fraction of sp³-hybridized carbons (Fsp3) is 0.500. The quantitative estimate of drug-likeness (QED) is 0.866. The average molecular weight is 232 g/mol. The smallest absolute Gasteiger partial charge is 0.241 e. The Kier molecular flexibility index (Phi) is 3.48. The van der Waals surface area contributed by atoms with Crippen molar-refractivity contribution in [3.8, 4) is 0 Å². The number of amides is 1. The molecule has 1 fully saturated rings. The van der Waals surface area contributed by atoms with Crippen LogP contribution in [0.3, 0.4) is 0 Å². The summed E-state index contributed by atoms with van der Waals surface area (Å²) in [5.41, 5.74) is 1.16. The van der Waals surface area contributed by atoms with Gasteiger partial charge >= 0.3 is 0 Å². The number of carbonyl (C=O) groups is 1. The van der Waals surface area contributed by atoms with E-state index in [2.05, 4.69) is 31.3 Å². The number of rotatable bonds is 3. The predicted molar refractivity (Wildman–Crippen MR) is 68.3 cm³/mol. The third-order valence-electron chi connectivity index (χ3n) is 3.32. The first-order valence-corrected chi connectivity index (χ1v) is 6.26. The van der Waals surface area contributed by atoms with Crippen LogP contribution in [0.15, 0.2) is 30.3 Å². The van der Waals surface area contributed by atoms with Gasteiger partial charge in [-0.3, -0.25) is 10.1 Å². The first kappa shape index (κ1) is 12.1.